The van der Waals surface area contributed by atoms with Crippen molar-refractivity contribution < 1.29 is 26.9 Å². The number of hydrogen-bond acceptors (Lipinski definition) is 6. The monoisotopic (exact) mass is 319 g/mol. The van der Waals surface area contributed by atoms with Gasteiger partial charge in [0.15, 0.2) is 12.2 Å². The van der Waals surface area contributed by atoms with Gasteiger partial charge in [-0.2, -0.15) is 9.42 Å². The smallest absolute Gasteiger partial charge is 0.259 e. The van der Waals surface area contributed by atoms with Crippen LogP contribution in [0.5, 0.6) is 0 Å². The second-order valence-electron chi connectivity index (χ2n) is 3.73. The molecule has 0 aromatic heterocycles. The molecule has 0 aromatic rings. The fourth-order valence-corrected chi connectivity index (χ4v) is 4.76. The molecule has 1 fully saturated rings. The Labute approximate surface area is 113 Å². The molecule has 0 saturated carbocycles. The molecule has 6 nitrogen and oxygen atoms in total. The molecule has 1 rings (SSSR count). The van der Waals surface area contributed by atoms with Crippen LogP contribution in [0.3, 0.4) is 0 Å². The van der Waals surface area contributed by atoms with Crippen molar-refractivity contribution in [3.8, 4) is 0 Å². The normalized spacial score (nSPS) is 35.6. The van der Waals surface area contributed by atoms with E-state index in [1.807, 2.05) is 13.8 Å². The first-order valence-electron chi connectivity index (χ1n) is 5.68. The zero-order valence-electron chi connectivity index (χ0n) is 10.7. The van der Waals surface area contributed by atoms with E-state index < -0.39 is 42.0 Å². The number of hydrogen-bond donors (Lipinski definition) is 1. The molecule has 1 aliphatic heterocycles. The molecule has 0 amide bonds. The van der Waals surface area contributed by atoms with Crippen LogP contribution in [-0.2, 0) is 35.2 Å². The molecule has 0 aromatic carbocycles. The first-order valence-corrected chi connectivity index (χ1v) is 10.2. The van der Waals surface area contributed by atoms with Crippen LogP contribution < -0.4 is 0 Å². The molecule has 1 heterocycles. The van der Waals surface area contributed by atoms with Crippen molar-refractivity contribution >= 4 is 29.8 Å². The lowest BCUT2D eigenvalue weighted by atomic mass is 10.3. The molecular formula is C9H20O6PS2+. The van der Waals surface area contributed by atoms with E-state index in [4.69, 9.17) is 13.6 Å². The van der Waals surface area contributed by atoms with Crippen LogP contribution in [0.25, 0.3) is 0 Å². The van der Waals surface area contributed by atoms with Crippen LogP contribution in [0.15, 0.2) is 0 Å². The molecule has 108 valence electrons. The van der Waals surface area contributed by atoms with Gasteiger partial charge in [0.05, 0.1) is 18.6 Å². The summed E-state index contributed by atoms with van der Waals surface area (Å²) in [7, 11) is -4.11. The van der Waals surface area contributed by atoms with Gasteiger partial charge in [0.1, 0.15) is 0 Å². The highest BCUT2D eigenvalue weighted by Gasteiger charge is 2.59. The molecule has 1 aliphatic rings. The lowest BCUT2D eigenvalue weighted by Gasteiger charge is -2.10. The lowest BCUT2D eigenvalue weighted by Crippen LogP contribution is -2.33. The van der Waals surface area contributed by atoms with Crippen LogP contribution in [0, 0.1) is 0 Å². The van der Waals surface area contributed by atoms with Crippen molar-refractivity contribution in [2.45, 2.75) is 26.1 Å². The molecule has 4 unspecified atom stereocenters. The topological polar surface area (TPSA) is 82.1 Å². The first-order chi connectivity index (χ1) is 8.44. The molecule has 0 bridgehead atoms. The third-order valence-corrected chi connectivity index (χ3v) is 6.75. The Kier molecular flexibility index (Phi) is 6.81. The second kappa shape index (κ2) is 7.38. The largest absolute Gasteiger partial charge is 0.573 e. The molecule has 9 heteroatoms. The third-order valence-electron chi connectivity index (χ3n) is 2.53. The Hall–Kier alpha value is 0.570. The minimum absolute atomic E-state index is 0.258. The van der Waals surface area contributed by atoms with Crippen molar-refractivity contribution in [1.29, 1.82) is 0 Å². The zero-order chi connectivity index (χ0) is 13.8. The maximum atomic E-state index is 11.6. The summed E-state index contributed by atoms with van der Waals surface area (Å²) in [5.41, 5.74) is 0. The Morgan fingerprint density at radius 1 is 1.11 bits per heavy atom. The van der Waals surface area contributed by atoms with Crippen LogP contribution in [0.2, 0.25) is 0 Å². The van der Waals surface area contributed by atoms with E-state index in [1.54, 1.807) is 0 Å². The van der Waals surface area contributed by atoms with Crippen LogP contribution in [0.1, 0.15) is 13.8 Å². The fourth-order valence-electron chi connectivity index (χ4n) is 1.47. The average molecular weight is 319 g/mol. The van der Waals surface area contributed by atoms with Crippen molar-refractivity contribution in [1.82, 2.24) is 0 Å². The van der Waals surface area contributed by atoms with Gasteiger partial charge >= 0.3 is 8.17 Å². The van der Waals surface area contributed by atoms with Gasteiger partial charge in [-0.25, -0.2) is 0 Å². The molecule has 0 spiro atoms. The van der Waals surface area contributed by atoms with Gasteiger partial charge in [-0.1, -0.05) is 13.8 Å². The lowest BCUT2D eigenvalue weighted by molar-refractivity contribution is 0.170. The Morgan fingerprint density at radius 3 is 1.78 bits per heavy atom. The molecule has 1 saturated heterocycles. The maximum Gasteiger partial charge on any atom is 0.573 e. The van der Waals surface area contributed by atoms with Gasteiger partial charge in [0, 0.05) is 33.1 Å². The zero-order valence-corrected chi connectivity index (χ0v) is 13.3. The first kappa shape index (κ1) is 16.6. The van der Waals surface area contributed by atoms with Crippen molar-refractivity contribution in [2.24, 2.45) is 0 Å². The van der Waals surface area contributed by atoms with Crippen molar-refractivity contribution in [2.75, 3.05) is 30.1 Å². The van der Waals surface area contributed by atoms with Gasteiger partial charge in [-0.05, 0) is 0 Å². The summed E-state index contributed by atoms with van der Waals surface area (Å²) in [5.74, 6) is 1.53. The van der Waals surface area contributed by atoms with Gasteiger partial charge in [0.25, 0.3) is 0 Å². The summed E-state index contributed by atoms with van der Waals surface area (Å²) in [5, 5.41) is 0. The minimum atomic E-state index is -3.32. The SMILES string of the molecule is CCS(=O)CC1O[P+](O)(OC)OC1CS(=O)CC. The fraction of sp³-hybridized carbons (Fsp3) is 1.00. The van der Waals surface area contributed by atoms with Gasteiger partial charge in [-0.3, -0.25) is 8.42 Å². The van der Waals surface area contributed by atoms with E-state index >= 15 is 0 Å². The van der Waals surface area contributed by atoms with E-state index in [0.29, 0.717) is 11.5 Å². The highest BCUT2D eigenvalue weighted by atomic mass is 32.2. The summed E-state index contributed by atoms with van der Waals surface area (Å²) in [4.78, 5) is 9.86. The van der Waals surface area contributed by atoms with E-state index in [1.165, 1.54) is 7.11 Å². The molecule has 1 N–H and O–H groups in total. The van der Waals surface area contributed by atoms with E-state index in [9.17, 15) is 13.3 Å². The van der Waals surface area contributed by atoms with Crippen LogP contribution in [0.4, 0.5) is 0 Å². The quantitative estimate of drug-likeness (QED) is 0.693. The summed E-state index contributed by atoms with van der Waals surface area (Å²) >= 11 is 0. The highest BCUT2D eigenvalue weighted by Crippen LogP contribution is 2.64. The Balaban J connectivity index is 2.70. The third kappa shape index (κ3) is 4.59. The van der Waals surface area contributed by atoms with E-state index in [0.717, 1.165) is 0 Å². The molecule has 0 radical (unpaired) electrons. The van der Waals surface area contributed by atoms with Crippen molar-refractivity contribution in [3.05, 3.63) is 0 Å². The maximum absolute atomic E-state index is 11.6. The highest BCUT2D eigenvalue weighted by molar-refractivity contribution is 7.85. The molecular weight excluding hydrogens is 299 g/mol. The van der Waals surface area contributed by atoms with Gasteiger partial charge < -0.3 is 0 Å². The van der Waals surface area contributed by atoms with E-state index in [-0.39, 0.29) is 11.5 Å². The summed E-state index contributed by atoms with van der Waals surface area (Å²) in [6.07, 6.45) is -1.06. The summed E-state index contributed by atoms with van der Waals surface area (Å²) in [6, 6.07) is 0. The second-order valence-corrected chi connectivity index (χ2v) is 9.03. The average Bonchev–Trinajstić information content (AvgIpc) is 2.66. The summed E-state index contributed by atoms with van der Waals surface area (Å²) in [6.45, 7) is 3.62. The van der Waals surface area contributed by atoms with Crippen molar-refractivity contribution in [3.63, 3.8) is 0 Å². The molecule has 18 heavy (non-hydrogen) atoms. The van der Waals surface area contributed by atoms with Gasteiger partial charge in [-0.15, -0.1) is 9.05 Å². The molecule has 0 aliphatic carbocycles. The number of rotatable bonds is 7. The Morgan fingerprint density at radius 2 is 1.50 bits per heavy atom. The minimum Gasteiger partial charge on any atom is -0.259 e. The predicted octanol–water partition coefficient (Wildman–Crippen LogP) is 0.624. The molecule has 4 atom stereocenters. The van der Waals surface area contributed by atoms with Crippen LogP contribution >= 0.6 is 8.17 Å². The Bertz CT molecular complexity index is 300. The van der Waals surface area contributed by atoms with E-state index in [2.05, 4.69) is 0 Å². The van der Waals surface area contributed by atoms with Crippen LogP contribution in [-0.4, -0.2) is 55.6 Å². The standard InChI is InChI=1S/C9H20O6PS2/c1-4-17(11)6-8-9(7-18(12)5-2)15-16(10,13-3)14-8/h8-10H,4-7H2,1-3H3/q+1. The van der Waals surface area contributed by atoms with Gasteiger partial charge in [0.2, 0.25) is 0 Å². The predicted molar refractivity (Wildman–Crippen MR) is 73.0 cm³/mol. The summed E-state index contributed by atoms with van der Waals surface area (Å²) < 4.78 is 38.6.